The number of ether oxygens (including phenoxy) is 1. The molecule has 88 valence electrons. The van der Waals surface area contributed by atoms with Crippen LogP contribution in [0.1, 0.15) is 24.2 Å². The van der Waals surface area contributed by atoms with Crippen LogP contribution in [0.2, 0.25) is 0 Å². The van der Waals surface area contributed by atoms with E-state index in [9.17, 15) is 15.0 Å². The second-order valence-corrected chi connectivity index (χ2v) is 3.50. The largest absolute Gasteiger partial charge is 0.464 e. The third-order valence-electron chi connectivity index (χ3n) is 2.33. The van der Waals surface area contributed by atoms with Crippen molar-refractivity contribution < 1.29 is 19.7 Å². The van der Waals surface area contributed by atoms with Crippen LogP contribution in [-0.4, -0.2) is 28.9 Å². The molecule has 4 heteroatoms. The molecular weight excluding hydrogens is 208 g/mol. The summed E-state index contributed by atoms with van der Waals surface area (Å²) in [7, 11) is 0. The van der Waals surface area contributed by atoms with E-state index in [4.69, 9.17) is 0 Å². The summed E-state index contributed by atoms with van der Waals surface area (Å²) in [6.45, 7) is 3.62. The average Bonchev–Trinajstić information content (AvgIpc) is 2.28. The fourth-order valence-corrected chi connectivity index (χ4v) is 1.45. The van der Waals surface area contributed by atoms with Gasteiger partial charge in [-0.3, -0.25) is 0 Å². The van der Waals surface area contributed by atoms with Crippen LogP contribution in [0.15, 0.2) is 24.3 Å². The lowest BCUT2D eigenvalue weighted by atomic mass is 10.00. The van der Waals surface area contributed by atoms with E-state index in [0.29, 0.717) is 5.56 Å². The third kappa shape index (κ3) is 2.81. The topological polar surface area (TPSA) is 66.8 Å². The summed E-state index contributed by atoms with van der Waals surface area (Å²) in [5.74, 6) is -0.807. The summed E-state index contributed by atoms with van der Waals surface area (Å²) in [6, 6.07) is 7.03. The fraction of sp³-hybridized carbons (Fsp3) is 0.417. The van der Waals surface area contributed by atoms with Crippen LogP contribution >= 0.6 is 0 Å². The number of aliphatic hydroxyl groups excluding tert-OH is 2. The number of esters is 1. The average molecular weight is 224 g/mol. The zero-order valence-electron chi connectivity index (χ0n) is 9.38. The molecular formula is C12H16O4. The molecule has 0 aromatic heterocycles. The van der Waals surface area contributed by atoms with Gasteiger partial charge in [-0.1, -0.05) is 24.3 Å². The molecule has 0 amide bonds. The quantitative estimate of drug-likeness (QED) is 0.747. The van der Waals surface area contributed by atoms with Gasteiger partial charge in [0.05, 0.1) is 6.61 Å². The summed E-state index contributed by atoms with van der Waals surface area (Å²) >= 11 is 0. The molecule has 1 aromatic carbocycles. The van der Waals surface area contributed by atoms with Crippen molar-refractivity contribution in [2.24, 2.45) is 0 Å². The van der Waals surface area contributed by atoms with Crippen LogP contribution in [0.4, 0.5) is 0 Å². The van der Waals surface area contributed by atoms with Crippen molar-refractivity contribution in [2.45, 2.75) is 26.1 Å². The monoisotopic (exact) mass is 224 g/mol. The van der Waals surface area contributed by atoms with Crippen molar-refractivity contribution in [3.05, 3.63) is 35.4 Å². The first-order valence-corrected chi connectivity index (χ1v) is 5.16. The Kier molecular flexibility index (Phi) is 4.46. The van der Waals surface area contributed by atoms with Crippen LogP contribution in [0.3, 0.4) is 0 Å². The Balaban J connectivity index is 2.82. The Morgan fingerprint density at radius 2 is 2.00 bits per heavy atom. The van der Waals surface area contributed by atoms with E-state index >= 15 is 0 Å². The molecule has 0 bridgehead atoms. The maximum Gasteiger partial charge on any atom is 0.338 e. The van der Waals surface area contributed by atoms with Crippen molar-refractivity contribution in [1.82, 2.24) is 0 Å². The molecule has 0 saturated carbocycles. The summed E-state index contributed by atoms with van der Waals surface area (Å²) in [6.07, 6.45) is -2.79. The molecule has 0 aliphatic rings. The lowest BCUT2D eigenvalue weighted by molar-refractivity contribution is -0.159. The summed E-state index contributed by atoms with van der Waals surface area (Å²) in [5, 5.41) is 19.4. The summed E-state index contributed by atoms with van der Waals surface area (Å²) in [5.41, 5.74) is 1.35. The molecule has 4 nitrogen and oxygen atoms in total. The Morgan fingerprint density at radius 1 is 1.38 bits per heavy atom. The molecule has 2 atom stereocenters. The fourth-order valence-electron chi connectivity index (χ4n) is 1.45. The molecule has 0 spiro atoms. The summed E-state index contributed by atoms with van der Waals surface area (Å²) < 4.78 is 4.64. The molecule has 1 aromatic rings. The smallest absolute Gasteiger partial charge is 0.338 e. The molecule has 0 saturated heterocycles. The van der Waals surface area contributed by atoms with Crippen molar-refractivity contribution in [3.8, 4) is 0 Å². The van der Waals surface area contributed by atoms with Gasteiger partial charge >= 0.3 is 5.97 Å². The number of aliphatic hydroxyl groups is 2. The predicted molar refractivity (Wildman–Crippen MR) is 58.8 cm³/mol. The van der Waals surface area contributed by atoms with Gasteiger partial charge in [-0.05, 0) is 25.0 Å². The van der Waals surface area contributed by atoms with Crippen LogP contribution in [-0.2, 0) is 9.53 Å². The number of benzene rings is 1. The van der Waals surface area contributed by atoms with Gasteiger partial charge in [0.2, 0.25) is 0 Å². The van der Waals surface area contributed by atoms with Gasteiger partial charge in [-0.25, -0.2) is 4.79 Å². The maximum absolute atomic E-state index is 11.2. The van der Waals surface area contributed by atoms with Gasteiger partial charge in [-0.2, -0.15) is 0 Å². The lowest BCUT2D eigenvalue weighted by Crippen LogP contribution is -2.30. The van der Waals surface area contributed by atoms with E-state index in [2.05, 4.69) is 4.74 Å². The first-order chi connectivity index (χ1) is 7.57. The Hall–Kier alpha value is -1.39. The zero-order chi connectivity index (χ0) is 12.1. The minimum absolute atomic E-state index is 0.177. The molecule has 16 heavy (non-hydrogen) atoms. The standard InChI is InChI=1S/C12H16O4/c1-3-16-12(15)11(14)10(13)9-7-5-4-6-8(9)2/h4-7,10-11,13-14H,3H2,1-2H3. The third-order valence-corrected chi connectivity index (χ3v) is 2.33. The van der Waals surface area contributed by atoms with Gasteiger partial charge in [0.15, 0.2) is 6.10 Å². The van der Waals surface area contributed by atoms with Gasteiger partial charge in [0.1, 0.15) is 6.10 Å². The SMILES string of the molecule is CCOC(=O)C(O)C(O)c1ccccc1C. The zero-order valence-corrected chi connectivity index (χ0v) is 9.38. The number of hydrogen-bond acceptors (Lipinski definition) is 4. The minimum atomic E-state index is -1.54. The minimum Gasteiger partial charge on any atom is -0.464 e. The van der Waals surface area contributed by atoms with Crippen molar-refractivity contribution >= 4 is 5.97 Å². The number of rotatable bonds is 4. The van der Waals surface area contributed by atoms with Crippen LogP contribution < -0.4 is 0 Å². The van der Waals surface area contributed by atoms with E-state index in [-0.39, 0.29) is 6.61 Å². The van der Waals surface area contributed by atoms with Crippen LogP contribution in [0.5, 0.6) is 0 Å². The Labute approximate surface area is 94.5 Å². The highest BCUT2D eigenvalue weighted by Crippen LogP contribution is 2.21. The highest BCUT2D eigenvalue weighted by atomic mass is 16.5. The van der Waals surface area contributed by atoms with Gasteiger partial charge in [-0.15, -0.1) is 0 Å². The van der Waals surface area contributed by atoms with Crippen LogP contribution in [0.25, 0.3) is 0 Å². The first-order valence-electron chi connectivity index (χ1n) is 5.16. The highest BCUT2D eigenvalue weighted by Gasteiger charge is 2.27. The molecule has 0 radical (unpaired) electrons. The van der Waals surface area contributed by atoms with Crippen LogP contribution in [0, 0.1) is 6.92 Å². The van der Waals surface area contributed by atoms with Gasteiger partial charge in [0.25, 0.3) is 0 Å². The predicted octanol–water partition coefficient (Wildman–Crippen LogP) is 0.952. The number of carbonyl (C=O) groups excluding carboxylic acids is 1. The molecule has 0 heterocycles. The van der Waals surface area contributed by atoms with E-state index in [1.165, 1.54) is 0 Å². The number of hydrogen-bond donors (Lipinski definition) is 2. The first kappa shape index (κ1) is 12.7. The number of aryl methyl sites for hydroxylation is 1. The highest BCUT2D eigenvalue weighted by molar-refractivity contribution is 5.75. The number of carbonyl (C=O) groups is 1. The van der Waals surface area contributed by atoms with E-state index in [0.717, 1.165) is 5.56 Å². The summed E-state index contributed by atoms with van der Waals surface area (Å²) in [4.78, 5) is 11.2. The molecule has 2 N–H and O–H groups in total. The second-order valence-electron chi connectivity index (χ2n) is 3.50. The van der Waals surface area contributed by atoms with Crippen molar-refractivity contribution in [2.75, 3.05) is 6.61 Å². The maximum atomic E-state index is 11.2. The Bertz CT molecular complexity index is 362. The lowest BCUT2D eigenvalue weighted by Gasteiger charge is -2.18. The normalized spacial score (nSPS) is 14.2. The second kappa shape index (κ2) is 5.63. The molecule has 0 aliphatic carbocycles. The van der Waals surface area contributed by atoms with Gasteiger partial charge in [0, 0.05) is 0 Å². The molecule has 1 rings (SSSR count). The Morgan fingerprint density at radius 3 is 2.56 bits per heavy atom. The molecule has 0 aliphatic heterocycles. The van der Waals surface area contributed by atoms with Crippen molar-refractivity contribution in [3.63, 3.8) is 0 Å². The molecule has 0 fully saturated rings. The van der Waals surface area contributed by atoms with Gasteiger partial charge < -0.3 is 14.9 Å². The van der Waals surface area contributed by atoms with E-state index in [1.54, 1.807) is 32.0 Å². The van der Waals surface area contributed by atoms with E-state index < -0.39 is 18.2 Å². The van der Waals surface area contributed by atoms with E-state index in [1.807, 2.05) is 6.07 Å². The van der Waals surface area contributed by atoms with Crippen molar-refractivity contribution in [1.29, 1.82) is 0 Å². The molecule has 2 unspecified atom stereocenters.